The lowest BCUT2D eigenvalue weighted by Gasteiger charge is -2.19. The Labute approximate surface area is 128 Å². The summed E-state index contributed by atoms with van der Waals surface area (Å²) in [6, 6.07) is 4.40. The normalized spacial score (nSPS) is 17.9. The fraction of sp³-hybridized carbons (Fsp3) is 0.385. The zero-order chi connectivity index (χ0) is 17.2. The molecule has 1 fully saturated rings. The highest BCUT2D eigenvalue weighted by atomic mass is 19.4. The Kier molecular flexibility index (Phi) is 4.40. The number of amides is 1. The number of rotatable bonds is 4. The number of alkyl halides is 3. The number of likely N-dealkylation sites (tertiary alicyclic amines) is 1. The molecule has 1 aliphatic rings. The Hall–Kier alpha value is -2.83. The van der Waals surface area contributed by atoms with Gasteiger partial charge in [-0.1, -0.05) is 0 Å². The van der Waals surface area contributed by atoms with Crippen LogP contribution in [0.3, 0.4) is 0 Å². The van der Waals surface area contributed by atoms with E-state index in [1.165, 1.54) is 12.1 Å². The van der Waals surface area contributed by atoms with Crippen LogP contribution >= 0.6 is 0 Å². The van der Waals surface area contributed by atoms with Crippen LogP contribution in [0.1, 0.15) is 12.0 Å². The lowest BCUT2D eigenvalue weighted by Crippen LogP contribution is -2.39. The second kappa shape index (κ2) is 6.12. The van der Waals surface area contributed by atoms with Crippen molar-refractivity contribution in [1.82, 2.24) is 4.90 Å². The van der Waals surface area contributed by atoms with E-state index in [1.807, 2.05) is 0 Å². The van der Waals surface area contributed by atoms with Gasteiger partial charge in [0.2, 0.25) is 5.91 Å². The Morgan fingerprint density at radius 3 is 2.74 bits per heavy atom. The summed E-state index contributed by atoms with van der Waals surface area (Å²) >= 11 is 0. The van der Waals surface area contributed by atoms with Crippen molar-refractivity contribution in [2.24, 2.45) is 0 Å². The molecule has 1 unspecified atom stereocenters. The van der Waals surface area contributed by atoms with Crippen molar-refractivity contribution in [2.75, 3.05) is 18.4 Å². The van der Waals surface area contributed by atoms with Crippen LogP contribution in [0.15, 0.2) is 18.2 Å². The van der Waals surface area contributed by atoms with Crippen molar-refractivity contribution in [1.29, 1.82) is 5.26 Å². The van der Waals surface area contributed by atoms with Gasteiger partial charge in [0, 0.05) is 12.6 Å². The van der Waals surface area contributed by atoms with Crippen LogP contribution in [0.25, 0.3) is 0 Å². The van der Waals surface area contributed by atoms with Gasteiger partial charge in [0.05, 0.1) is 16.6 Å². The van der Waals surface area contributed by atoms with E-state index in [9.17, 15) is 28.1 Å². The van der Waals surface area contributed by atoms with Gasteiger partial charge in [-0.3, -0.25) is 14.9 Å². The number of nitrogens with one attached hydrogen (secondary N) is 1. The zero-order valence-corrected chi connectivity index (χ0v) is 11.6. The first-order chi connectivity index (χ1) is 10.7. The third kappa shape index (κ3) is 3.88. The minimum absolute atomic E-state index is 0.0128. The number of hydrogen-bond acceptors (Lipinski definition) is 5. The molecule has 0 spiro atoms. The largest absolute Gasteiger partial charge is 0.406 e. The molecule has 0 radical (unpaired) electrons. The van der Waals surface area contributed by atoms with Crippen molar-refractivity contribution in [3.05, 3.63) is 33.9 Å². The lowest BCUT2D eigenvalue weighted by molar-refractivity contribution is -0.384. The maximum Gasteiger partial charge on any atom is 0.406 e. The summed E-state index contributed by atoms with van der Waals surface area (Å²) in [6.45, 7) is -1.43. The van der Waals surface area contributed by atoms with E-state index in [0.717, 1.165) is 6.07 Å². The molecule has 10 heteroatoms. The Bertz CT molecular complexity index is 684. The molecule has 1 aromatic rings. The molecule has 1 N–H and O–H groups in total. The van der Waals surface area contributed by atoms with Gasteiger partial charge in [0.15, 0.2) is 0 Å². The Morgan fingerprint density at radius 2 is 2.17 bits per heavy atom. The van der Waals surface area contributed by atoms with Crippen LogP contribution in [0.2, 0.25) is 0 Å². The summed E-state index contributed by atoms with van der Waals surface area (Å²) < 4.78 is 37.1. The third-order valence-corrected chi connectivity index (χ3v) is 3.32. The zero-order valence-electron chi connectivity index (χ0n) is 11.6. The standard InChI is InChI=1S/C13H11F3N4O3/c14-13(15,16)7-19-4-3-10(12(19)21)18-9-2-1-8(6-17)5-11(9)20(22)23/h1-2,5,10,18H,3-4,7H2. The van der Waals surface area contributed by atoms with Crippen LogP contribution in [0, 0.1) is 21.4 Å². The highest BCUT2D eigenvalue weighted by molar-refractivity contribution is 5.87. The number of nitro groups is 1. The molecule has 0 saturated carbocycles. The van der Waals surface area contributed by atoms with E-state index < -0.39 is 35.3 Å². The molecule has 0 aromatic heterocycles. The van der Waals surface area contributed by atoms with Crippen LogP contribution < -0.4 is 5.32 Å². The van der Waals surface area contributed by atoms with Gasteiger partial charge in [-0.2, -0.15) is 18.4 Å². The van der Waals surface area contributed by atoms with Crippen molar-refractivity contribution >= 4 is 17.3 Å². The van der Waals surface area contributed by atoms with E-state index in [-0.39, 0.29) is 24.2 Å². The van der Waals surface area contributed by atoms with Crippen LogP contribution in [0.4, 0.5) is 24.5 Å². The first-order valence-electron chi connectivity index (χ1n) is 6.52. The summed E-state index contributed by atoms with van der Waals surface area (Å²) in [7, 11) is 0. The van der Waals surface area contributed by atoms with E-state index in [2.05, 4.69) is 5.32 Å². The number of carbonyl (C=O) groups excluding carboxylic acids is 1. The van der Waals surface area contributed by atoms with Crippen molar-refractivity contribution in [3.8, 4) is 6.07 Å². The lowest BCUT2D eigenvalue weighted by atomic mass is 10.1. The second-order valence-electron chi connectivity index (χ2n) is 4.96. The molecule has 122 valence electrons. The second-order valence-corrected chi connectivity index (χ2v) is 4.96. The smallest absolute Gasteiger partial charge is 0.368 e. The average Bonchev–Trinajstić information content (AvgIpc) is 2.78. The highest BCUT2D eigenvalue weighted by Crippen LogP contribution is 2.28. The highest BCUT2D eigenvalue weighted by Gasteiger charge is 2.39. The summed E-state index contributed by atoms with van der Waals surface area (Å²) in [6.07, 6.45) is -4.39. The van der Waals surface area contributed by atoms with Crippen LogP contribution in [0.5, 0.6) is 0 Å². The first kappa shape index (κ1) is 16.5. The van der Waals surface area contributed by atoms with Crippen molar-refractivity contribution in [2.45, 2.75) is 18.6 Å². The predicted molar refractivity (Wildman–Crippen MR) is 72.5 cm³/mol. The number of benzene rings is 1. The number of nitriles is 1. The molecule has 1 aromatic carbocycles. The molecular weight excluding hydrogens is 317 g/mol. The third-order valence-electron chi connectivity index (χ3n) is 3.32. The van der Waals surface area contributed by atoms with Gasteiger partial charge in [-0.15, -0.1) is 0 Å². The van der Waals surface area contributed by atoms with E-state index in [4.69, 9.17) is 5.26 Å². The average molecular weight is 328 g/mol. The predicted octanol–water partition coefficient (Wildman–Crippen LogP) is 2.04. The number of hydrogen-bond donors (Lipinski definition) is 1. The molecular formula is C13H11F3N4O3. The van der Waals surface area contributed by atoms with Crippen molar-refractivity contribution in [3.63, 3.8) is 0 Å². The molecule has 1 amide bonds. The fourth-order valence-corrected chi connectivity index (χ4v) is 2.31. The fourth-order valence-electron chi connectivity index (χ4n) is 2.31. The summed E-state index contributed by atoms with van der Waals surface area (Å²) in [5.74, 6) is -0.763. The quantitative estimate of drug-likeness (QED) is 0.673. The summed E-state index contributed by atoms with van der Waals surface area (Å²) in [5, 5.41) is 22.4. The molecule has 7 nitrogen and oxygen atoms in total. The monoisotopic (exact) mass is 328 g/mol. The molecule has 1 aliphatic heterocycles. The van der Waals surface area contributed by atoms with Crippen molar-refractivity contribution < 1.29 is 22.9 Å². The molecule has 1 saturated heterocycles. The molecule has 23 heavy (non-hydrogen) atoms. The maximum absolute atomic E-state index is 12.4. The molecule has 1 atom stereocenters. The van der Waals surface area contributed by atoms with Gasteiger partial charge in [-0.25, -0.2) is 0 Å². The number of halogens is 3. The Balaban J connectivity index is 2.16. The number of nitrogens with zero attached hydrogens (tertiary/aromatic N) is 3. The molecule has 0 bridgehead atoms. The van der Waals surface area contributed by atoms with Gasteiger partial charge < -0.3 is 10.2 Å². The first-order valence-corrected chi connectivity index (χ1v) is 6.52. The minimum atomic E-state index is -4.50. The summed E-state index contributed by atoms with van der Waals surface area (Å²) in [4.78, 5) is 22.9. The summed E-state index contributed by atoms with van der Waals surface area (Å²) in [5.41, 5.74) is -0.356. The number of nitro benzene ring substituents is 1. The van der Waals surface area contributed by atoms with Crippen LogP contribution in [-0.4, -0.2) is 41.0 Å². The van der Waals surface area contributed by atoms with Crippen LogP contribution in [-0.2, 0) is 4.79 Å². The Morgan fingerprint density at radius 1 is 1.48 bits per heavy atom. The van der Waals surface area contributed by atoms with E-state index in [0.29, 0.717) is 4.90 Å². The molecule has 2 rings (SSSR count). The topological polar surface area (TPSA) is 99.3 Å². The maximum atomic E-state index is 12.4. The van der Waals surface area contributed by atoms with Gasteiger partial charge in [-0.05, 0) is 18.6 Å². The SMILES string of the molecule is N#Cc1ccc(NC2CCN(CC(F)(F)F)C2=O)c([N+](=O)[O-])c1. The molecule has 1 heterocycles. The minimum Gasteiger partial charge on any atom is -0.368 e. The number of carbonyl (C=O) groups is 1. The van der Waals surface area contributed by atoms with E-state index >= 15 is 0 Å². The van der Waals surface area contributed by atoms with E-state index in [1.54, 1.807) is 6.07 Å². The van der Waals surface area contributed by atoms with Gasteiger partial charge in [0.1, 0.15) is 18.3 Å². The number of anilines is 1. The van der Waals surface area contributed by atoms with Gasteiger partial charge in [0.25, 0.3) is 5.69 Å². The van der Waals surface area contributed by atoms with Gasteiger partial charge >= 0.3 is 6.18 Å². The molecule has 0 aliphatic carbocycles.